The lowest BCUT2D eigenvalue weighted by Crippen LogP contribution is -2.48. The molecule has 0 saturated heterocycles. The van der Waals surface area contributed by atoms with Gasteiger partial charge >= 0.3 is 6.03 Å². The van der Waals surface area contributed by atoms with Gasteiger partial charge in [0.15, 0.2) is 0 Å². The fourth-order valence-corrected chi connectivity index (χ4v) is 3.48. The maximum absolute atomic E-state index is 12.5. The van der Waals surface area contributed by atoms with Gasteiger partial charge in [-0.1, -0.05) is 24.3 Å². The zero-order valence-electron chi connectivity index (χ0n) is 14.2. The first-order valence-electron chi connectivity index (χ1n) is 8.18. The molecule has 0 unspecified atom stereocenters. The number of hydrogen-bond acceptors (Lipinski definition) is 2. The van der Waals surface area contributed by atoms with Crippen LogP contribution >= 0.6 is 0 Å². The van der Waals surface area contributed by atoms with Gasteiger partial charge in [0.05, 0.1) is 24.3 Å². The van der Waals surface area contributed by atoms with Crippen molar-refractivity contribution in [2.75, 3.05) is 6.54 Å². The number of amides is 2. The fourth-order valence-electron chi connectivity index (χ4n) is 3.48. The van der Waals surface area contributed by atoms with Crippen LogP contribution < -0.4 is 5.32 Å². The van der Waals surface area contributed by atoms with Crippen LogP contribution in [-0.2, 0) is 0 Å². The molecule has 0 fully saturated rings. The standard InChI is InChI=1S/C18H24N4O/c1-12(2)22(13(3)4)18(23)20-10-17-15-8-6-5-7-14(15)16-9-19-11-21(16)17/h5-9,11-13,17H,10H2,1-4H3,(H,20,23)/t17-/m1/s1. The zero-order chi connectivity index (χ0) is 16.6. The molecule has 2 heterocycles. The van der Waals surface area contributed by atoms with Crippen LogP contribution in [0.5, 0.6) is 0 Å². The van der Waals surface area contributed by atoms with E-state index in [2.05, 4.69) is 27.0 Å². The molecular formula is C18H24N4O. The van der Waals surface area contributed by atoms with Gasteiger partial charge in [-0.05, 0) is 33.3 Å². The zero-order valence-corrected chi connectivity index (χ0v) is 14.2. The highest BCUT2D eigenvalue weighted by Gasteiger charge is 2.29. The summed E-state index contributed by atoms with van der Waals surface area (Å²) in [4.78, 5) is 18.7. The normalized spacial score (nSPS) is 15.7. The average molecular weight is 312 g/mol. The second-order valence-electron chi connectivity index (χ2n) is 6.57. The number of nitrogens with one attached hydrogen (secondary N) is 1. The fraction of sp³-hybridized carbons (Fsp3) is 0.444. The molecule has 1 N–H and O–H groups in total. The largest absolute Gasteiger partial charge is 0.336 e. The molecule has 1 aliphatic heterocycles. The van der Waals surface area contributed by atoms with Crippen molar-refractivity contribution in [3.8, 4) is 11.3 Å². The van der Waals surface area contributed by atoms with Gasteiger partial charge in [-0.15, -0.1) is 0 Å². The molecule has 0 spiro atoms. The molecule has 1 aromatic heterocycles. The number of urea groups is 1. The number of rotatable bonds is 4. The highest BCUT2D eigenvalue weighted by molar-refractivity contribution is 5.75. The van der Waals surface area contributed by atoms with Crippen molar-refractivity contribution in [3.05, 3.63) is 42.4 Å². The van der Waals surface area contributed by atoms with Gasteiger partial charge < -0.3 is 14.8 Å². The van der Waals surface area contributed by atoms with Crippen molar-refractivity contribution in [1.82, 2.24) is 19.8 Å². The summed E-state index contributed by atoms with van der Waals surface area (Å²) in [7, 11) is 0. The minimum Gasteiger partial charge on any atom is -0.336 e. The minimum absolute atomic E-state index is 0.0129. The number of benzene rings is 1. The third-order valence-corrected chi connectivity index (χ3v) is 4.39. The number of imidazole rings is 1. The molecule has 5 nitrogen and oxygen atoms in total. The summed E-state index contributed by atoms with van der Waals surface area (Å²) in [5.74, 6) is 0. The first-order valence-corrected chi connectivity index (χ1v) is 8.18. The first-order chi connectivity index (χ1) is 11.0. The van der Waals surface area contributed by atoms with Crippen LogP contribution in [0.4, 0.5) is 4.79 Å². The maximum Gasteiger partial charge on any atom is 0.317 e. The summed E-state index contributed by atoms with van der Waals surface area (Å²) in [6.07, 6.45) is 3.73. The van der Waals surface area contributed by atoms with Crippen molar-refractivity contribution >= 4 is 6.03 Å². The van der Waals surface area contributed by atoms with Crippen LogP contribution in [-0.4, -0.2) is 39.1 Å². The van der Waals surface area contributed by atoms with Gasteiger partial charge in [0.1, 0.15) is 0 Å². The molecule has 5 heteroatoms. The molecule has 0 radical (unpaired) electrons. The molecule has 0 saturated carbocycles. The van der Waals surface area contributed by atoms with Crippen LogP contribution in [0, 0.1) is 0 Å². The van der Waals surface area contributed by atoms with Crippen LogP contribution in [0.3, 0.4) is 0 Å². The van der Waals surface area contributed by atoms with Crippen LogP contribution in [0.1, 0.15) is 39.3 Å². The van der Waals surface area contributed by atoms with E-state index in [4.69, 9.17) is 0 Å². The predicted octanol–water partition coefficient (Wildman–Crippen LogP) is 3.28. The number of aromatic nitrogens is 2. The monoisotopic (exact) mass is 312 g/mol. The van der Waals surface area contributed by atoms with Crippen molar-refractivity contribution in [2.24, 2.45) is 0 Å². The summed E-state index contributed by atoms with van der Waals surface area (Å²) in [6, 6.07) is 8.76. The Labute approximate surface area is 137 Å². The number of carbonyl (C=O) groups excluding carboxylic acids is 1. The lowest BCUT2D eigenvalue weighted by atomic mass is 10.0. The third kappa shape index (κ3) is 2.71. The predicted molar refractivity (Wildman–Crippen MR) is 91.3 cm³/mol. The van der Waals surface area contributed by atoms with E-state index in [1.54, 1.807) is 0 Å². The van der Waals surface area contributed by atoms with Gasteiger partial charge in [-0.3, -0.25) is 0 Å². The lowest BCUT2D eigenvalue weighted by molar-refractivity contribution is 0.164. The summed E-state index contributed by atoms with van der Waals surface area (Å²) < 4.78 is 2.14. The SMILES string of the molecule is CC(C)N(C(=O)NC[C@@H]1c2ccccc2-c2cncn21)C(C)C. The lowest BCUT2D eigenvalue weighted by Gasteiger charge is -2.31. The second-order valence-corrected chi connectivity index (χ2v) is 6.57. The molecule has 0 aliphatic carbocycles. The van der Waals surface area contributed by atoms with Crippen molar-refractivity contribution in [2.45, 2.75) is 45.8 Å². The van der Waals surface area contributed by atoms with Crippen LogP contribution in [0.25, 0.3) is 11.3 Å². The van der Waals surface area contributed by atoms with Gasteiger partial charge in [0, 0.05) is 24.2 Å². The smallest absolute Gasteiger partial charge is 0.317 e. The van der Waals surface area contributed by atoms with E-state index in [-0.39, 0.29) is 24.2 Å². The van der Waals surface area contributed by atoms with Gasteiger partial charge in [0.2, 0.25) is 0 Å². The van der Waals surface area contributed by atoms with E-state index >= 15 is 0 Å². The van der Waals surface area contributed by atoms with Crippen molar-refractivity contribution in [3.63, 3.8) is 0 Å². The third-order valence-electron chi connectivity index (χ3n) is 4.39. The molecule has 0 bridgehead atoms. The summed E-state index contributed by atoms with van der Waals surface area (Å²) in [6.45, 7) is 8.73. The van der Waals surface area contributed by atoms with Gasteiger partial charge in [-0.25, -0.2) is 9.78 Å². The van der Waals surface area contributed by atoms with Gasteiger partial charge in [0.25, 0.3) is 0 Å². The van der Waals surface area contributed by atoms with Crippen LogP contribution in [0.2, 0.25) is 0 Å². The Bertz CT molecular complexity index is 697. The van der Waals surface area contributed by atoms with E-state index < -0.39 is 0 Å². The Morgan fingerprint density at radius 3 is 2.65 bits per heavy atom. The highest BCUT2D eigenvalue weighted by Crippen LogP contribution is 2.38. The van der Waals surface area contributed by atoms with Crippen LogP contribution in [0.15, 0.2) is 36.8 Å². The topological polar surface area (TPSA) is 50.2 Å². The van der Waals surface area contributed by atoms with Crippen molar-refractivity contribution in [1.29, 1.82) is 0 Å². The molecule has 2 aromatic rings. The number of nitrogens with zero attached hydrogens (tertiary/aromatic N) is 3. The number of carbonyl (C=O) groups is 1. The molecule has 3 rings (SSSR count). The van der Waals surface area contributed by atoms with Gasteiger partial charge in [-0.2, -0.15) is 0 Å². The molecule has 1 atom stereocenters. The Kier molecular flexibility index (Phi) is 4.11. The number of fused-ring (bicyclic) bond motifs is 3. The second kappa shape index (κ2) is 6.07. The average Bonchev–Trinajstić information content (AvgIpc) is 3.05. The van der Waals surface area contributed by atoms with E-state index in [0.717, 1.165) is 5.69 Å². The molecule has 23 heavy (non-hydrogen) atoms. The van der Waals surface area contributed by atoms with E-state index in [1.165, 1.54) is 11.1 Å². The Hall–Kier alpha value is -2.30. The molecule has 1 aromatic carbocycles. The summed E-state index contributed by atoms with van der Waals surface area (Å²) >= 11 is 0. The molecular weight excluding hydrogens is 288 g/mol. The molecule has 122 valence electrons. The Balaban J connectivity index is 1.78. The molecule has 1 aliphatic rings. The Morgan fingerprint density at radius 1 is 1.26 bits per heavy atom. The van der Waals surface area contributed by atoms with E-state index in [0.29, 0.717) is 6.54 Å². The maximum atomic E-state index is 12.5. The highest BCUT2D eigenvalue weighted by atomic mass is 16.2. The van der Waals surface area contributed by atoms with E-state index in [1.807, 2.05) is 57.3 Å². The number of hydrogen-bond donors (Lipinski definition) is 1. The minimum atomic E-state index is -0.0129. The van der Waals surface area contributed by atoms with Crippen molar-refractivity contribution < 1.29 is 4.79 Å². The Morgan fingerprint density at radius 2 is 1.96 bits per heavy atom. The molecule has 2 amide bonds. The first kappa shape index (κ1) is 15.6. The quantitative estimate of drug-likeness (QED) is 0.942. The summed E-state index contributed by atoms with van der Waals surface area (Å²) in [5, 5.41) is 3.10. The summed E-state index contributed by atoms with van der Waals surface area (Å²) in [5.41, 5.74) is 3.56. The van der Waals surface area contributed by atoms with E-state index in [9.17, 15) is 4.79 Å².